The van der Waals surface area contributed by atoms with Crippen molar-refractivity contribution in [2.45, 2.75) is 17.0 Å². The molecule has 18 heavy (non-hydrogen) atoms. The molecule has 0 radical (unpaired) electrons. The molecule has 1 aromatic rings. The van der Waals surface area contributed by atoms with Gasteiger partial charge in [0.2, 0.25) is 10.0 Å². The number of hydrogen-bond donors (Lipinski definition) is 2. The fraction of sp³-hybridized carbons (Fsp3) is 0.455. The van der Waals surface area contributed by atoms with Gasteiger partial charge < -0.3 is 10.1 Å². The third-order valence-electron chi connectivity index (χ3n) is 2.89. The Balaban J connectivity index is 2.20. The molecule has 0 bridgehead atoms. The van der Waals surface area contributed by atoms with E-state index < -0.39 is 10.0 Å². The molecule has 0 saturated carbocycles. The van der Waals surface area contributed by atoms with Crippen molar-refractivity contribution < 1.29 is 13.2 Å². The molecule has 1 aromatic carbocycles. The van der Waals surface area contributed by atoms with Gasteiger partial charge >= 0.3 is 0 Å². The molecule has 5 nitrogen and oxygen atoms in total. The number of methoxy groups -OCH3 is 1. The van der Waals surface area contributed by atoms with Gasteiger partial charge in [0.15, 0.2) is 0 Å². The lowest BCUT2D eigenvalue weighted by Gasteiger charge is -2.19. The summed E-state index contributed by atoms with van der Waals surface area (Å²) in [5.74, 6) is 0. The van der Waals surface area contributed by atoms with Gasteiger partial charge in [0.1, 0.15) is 0 Å². The van der Waals surface area contributed by atoms with Crippen molar-refractivity contribution >= 4 is 26.0 Å². The van der Waals surface area contributed by atoms with Crippen LogP contribution >= 0.6 is 15.9 Å². The normalized spacial score (nSPS) is 24.3. The lowest BCUT2D eigenvalue weighted by molar-refractivity contribution is 0.103. The Bertz CT molecular complexity index is 521. The van der Waals surface area contributed by atoms with E-state index in [2.05, 4.69) is 26.0 Å². The van der Waals surface area contributed by atoms with E-state index in [0.717, 1.165) is 0 Å². The van der Waals surface area contributed by atoms with Crippen LogP contribution in [0.1, 0.15) is 0 Å². The van der Waals surface area contributed by atoms with E-state index in [1.54, 1.807) is 31.4 Å². The first-order valence-electron chi connectivity index (χ1n) is 5.55. The first kappa shape index (κ1) is 14.0. The van der Waals surface area contributed by atoms with E-state index in [4.69, 9.17) is 4.74 Å². The number of ether oxygens (including phenoxy) is 1. The zero-order valence-electron chi connectivity index (χ0n) is 9.89. The molecule has 1 aliphatic heterocycles. The van der Waals surface area contributed by atoms with Crippen LogP contribution in [0.5, 0.6) is 0 Å². The summed E-state index contributed by atoms with van der Waals surface area (Å²) in [4.78, 5) is 0.242. The standard InChI is InChI=1S/C11H15BrN2O3S/c1-17-10-7-13-6-9(10)14-18(15,16)11-5-3-2-4-8(11)12/h2-5,9-10,13-14H,6-7H2,1H3/t9?,10-/m0/s1. The first-order chi connectivity index (χ1) is 8.54. The van der Waals surface area contributed by atoms with Gasteiger partial charge in [-0.15, -0.1) is 0 Å². The summed E-state index contributed by atoms with van der Waals surface area (Å²) in [7, 11) is -1.95. The molecule has 100 valence electrons. The minimum atomic E-state index is -3.53. The van der Waals surface area contributed by atoms with Crippen LogP contribution < -0.4 is 10.0 Å². The van der Waals surface area contributed by atoms with Crippen molar-refractivity contribution in [1.82, 2.24) is 10.0 Å². The maximum atomic E-state index is 12.2. The van der Waals surface area contributed by atoms with E-state index in [-0.39, 0.29) is 17.0 Å². The SMILES string of the molecule is CO[C@H]1CNCC1NS(=O)(=O)c1ccccc1Br. The third kappa shape index (κ3) is 2.92. The molecular formula is C11H15BrN2O3S. The minimum Gasteiger partial charge on any atom is -0.378 e. The van der Waals surface area contributed by atoms with Crippen molar-refractivity contribution in [2.24, 2.45) is 0 Å². The van der Waals surface area contributed by atoms with E-state index >= 15 is 0 Å². The Morgan fingerprint density at radius 1 is 1.39 bits per heavy atom. The summed E-state index contributed by atoms with van der Waals surface area (Å²) in [5.41, 5.74) is 0. The molecule has 1 heterocycles. The fourth-order valence-electron chi connectivity index (χ4n) is 1.95. The van der Waals surface area contributed by atoms with Gasteiger partial charge in [0, 0.05) is 24.7 Å². The second kappa shape index (κ2) is 5.66. The van der Waals surface area contributed by atoms with Crippen LogP contribution in [0.15, 0.2) is 33.6 Å². The van der Waals surface area contributed by atoms with E-state index in [1.807, 2.05) is 0 Å². The van der Waals surface area contributed by atoms with Crippen molar-refractivity contribution in [2.75, 3.05) is 20.2 Å². The Morgan fingerprint density at radius 3 is 2.78 bits per heavy atom. The van der Waals surface area contributed by atoms with Crippen LogP contribution in [0.2, 0.25) is 0 Å². The summed E-state index contributed by atoms with van der Waals surface area (Å²) in [6.45, 7) is 1.22. The maximum absolute atomic E-state index is 12.2. The molecule has 0 aromatic heterocycles. The highest BCUT2D eigenvalue weighted by atomic mass is 79.9. The van der Waals surface area contributed by atoms with Gasteiger partial charge in [0.05, 0.1) is 17.0 Å². The Hall–Kier alpha value is -0.470. The van der Waals surface area contributed by atoms with Crippen molar-refractivity contribution in [1.29, 1.82) is 0 Å². The van der Waals surface area contributed by atoms with Gasteiger partial charge in [-0.3, -0.25) is 0 Å². The van der Waals surface area contributed by atoms with Crippen LogP contribution in [0.25, 0.3) is 0 Å². The number of benzene rings is 1. The minimum absolute atomic E-state index is 0.137. The van der Waals surface area contributed by atoms with Crippen molar-refractivity contribution in [3.8, 4) is 0 Å². The smallest absolute Gasteiger partial charge is 0.242 e. The topological polar surface area (TPSA) is 67.4 Å². The average Bonchev–Trinajstić information content (AvgIpc) is 2.76. The van der Waals surface area contributed by atoms with E-state index in [9.17, 15) is 8.42 Å². The Kier molecular flexibility index (Phi) is 4.39. The van der Waals surface area contributed by atoms with Gasteiger partial charge in [-0.05, 0) is 28.1 Å². The summed E-state index contributed by atoms with van der Waals surface area (Å²) < 4.78 is 32.9. The van der Waals surface area contributed by atoms with Gasteiger partial charge in [-0.2, -0.15) is 0 Å². The zero-order valence-corrected chi connectivity index (χ0v) is 12.3. The predicted octanol–water partition coefficient (Wildman–Crippen LogP) is 0.714. The van der Waals surface area contributed by atoms with Crippen LogP contribution in [0.3, 0.4) is 0 Å². The molecule has 1 fully saturated rings. The fourth-order valence-corrected chi connectivity index (χ4v) is 4.21. The van der Waals surface area contributed by atoms with Crippen LogP contribution in [-0.4, -0.2) is 40.8 Å². The Morgan fingerprint density at radius 2 is 2.11 bits per heavy atom. The van der Waals surface area contributed by atoms with Crippen molar-refractivity contribution in [3.63, 3.8) is 0 Å². The zero-order chi connectivity index (χ0) is 13.2. The molecule has 0 aliphatic carbocycles. The van der Waals surface area contributed by atoms with E-state index in [0.29, 0.717) is 17.6 Å². The largest absolute Gasteiger partial charge is 0.378 e. The summed E-state index contributed by atoms with van der Waals surface area (Å²) in [6, 6.07) is 6.50. The molecule has 1 aliphatic rings. The molecule has 2 atom stereocenters. The monoisotopic (exact) mass is 334 g/mol. The quantitative estimate of drug-likeness (QED) is 0.851. The summed E-state index contributed by atoms with van der Waals surface area (Å²) in [5, 5.41) is 3.10. The second-order valence-electron chi connectivity index (χ2n) is 4.09. The molecule has 0 amide bonds. The van der Waals surface area contributed by atoms with Crippen molar-refractivity contribution in [3.05, 3.63) is 28.7 Å². The highest BCUT2D eigenvalue weighted by Gasteiger charge is 2.31. The second-order valence-corrected chi connectivity index (χ2v) is 6.63. The molecule has 2 N–H and O–H groups in total. The van der Waals surface area contributed by atoms with Crippen LogP contribution in [-0.2, 0) is 14.8 Å². The predicted molar refractivity (Wildman–Crippen MR) is 71.9 cm³/mol. The number of hydrogen-bond acceptors (Lipinski definition) is 4. The average molecular weight is 335 g/mol. The molecule has 0 spiro atoms. The molecule has 1 unspecified atom stereocenters. The summed E-state index contributed by atoms with van der Waals surface area (Å²) >= 11 is 3.25. The van der Waals surface area contributed by atoms with Gasteiger partial charge in [0.25, 0.3) is 0 Å². The highest BCUT2D eigenvalue weighted by molar-refractivity contribution is 9.10. The number of rotatable bonds is 4. The van der Waals surface area contributed by atoms with Gasteiger partial charge in [-0.1, -0.05) is 12.1 Å². The lowest BCUT2D eigenvalue weighted by atomic mass is 10.2. The molecule has 2 rings (SSSR count). The maximum Gasteiger partial charge on any atom is 0.242 e. The summed E-state index contributed by atoms with van der Waals surface area (Å²) in [6.07, 6.45) is -0.137. The highest BCUT2D eigenvalue weighted by Crippen LogP contribution is 2.21. The van der Waals surface area contributed by atoms with Gasteiger partial charge in [-0.25, -0.2) is 13.1 Å². The number of halogens is 1. The molecule has 7 heteroatoms. The number of sulfonamides is 1. The first-order valence-corrected chi connectivity index (χ1v) is 7.82. The lowest BCUT2D eigenvalue weighted by Crippen LogP contribution is -2.43. The van der Waals surface area contributed by atoms with E-state index in [1.165, 1.54) is 0 Å². The van der Waals surface area contributed by atoms with Crippen LogP contribution in [0, 0.1) is 0 Å². The Labute approximate surface area is 115 Å². The van der Waals surface area contributed by atoms with Crippen LogP contribution in [0.4, 0.5) is 0 Å². The molecule has 1 saturated heterocycles. The number of nitrogens with one attached hydrogen (secondary N) is 2. The third-order valence-corrected chi connectivity index (χ3v) is 5.40. The molecular weight excluding hydrogens is 320 g/mol.